The van der Waals surface area contributed by atoms with Gasteiger partial charge in [0.25, 0.3) is 5.91 Å². The van der Waals surface area contributed by atoms with Gasteiger partial charge in [0, 0.05) is 6.54 Å². The first kappa shape index (κ1) is 12.4. The molecule has 19 heavy (non-hydrogen) atoms. The van der Waals surface area contributed by atoms with E-state index in [2.05, 4.69) is 0 Å². The summed E-state index contributed by atoms with van der Waals surface area (Å²) < 4.78 is 13.0. The molecule has 1 amide bonds. The second-order valence-corrected chi connectivity index (χ2v) is 5.63. The van der Waals surface area contributed by atoms with E-state index in [0.29, 0.717) is 0 Å². The van der Waals surface area contributed by atoms with Crippen LogP contribution in [-0.4, -0.2) is 17.4 Å². The number of likely N-dealkylation sites (tertiary alicyclic amines) is 1. The van der Waals surface area contributed by atoms with E-state index in [1.54, 1.807) is 12.1 Å². The molecule has 2 nitrogen and oxygen atoms in total. The number of thiophene rings is 1. The van der Waals surface area contributed by atoms with E-state index >= 15 is 0 Å². The molecule has 1 aromatic carbocycles. The molecule has 0 N–H and O–H groups in total. The second kappa shape index (κ2) is 5.13. The Kier molecular flexibility index (Phi) is 3.34. The van der Waals surface area contributed by atoms with Crippen LogP contribution in [0.2, 0.25) is 0 Å². The number of hydrogen-bond donors (Lipinski definition) is 0. The predicted octanol–water partition coefficient (Wildman–Crippen LogP) is 3.86. The van der Waals surface area contributed by atoms with E-state index in [9.17, 15) is 9.18 Å². The summed E-state index contributed by atoms with van der Waals surface area (Å²) in [6.07, 6.45) is 1.95. The Hall–Kier alpha value is -1.68. The van der Waals surface area contributed by atoms with Gasteiger partial charge in [0.05, 0.1) is 10.9 Å². The van der Waals surface area contributed by atoms with Crippen LogP contribution in [0.5, 0.6) is 0 Å². The van der Waals surface area contributed by atoms with Crippen LogP contribution in [0.1, 0.15) is 34.1 Å². The van der Waals surface area contributed by atoms with E-state index in [4.69, 9.17) is 0 Å². The van der Waals surface area contributed by atoms with Crippen molar-refractivity contribution < 1.29 is 9.18 Å². The summed E-state index contributed by atoms with van der Waals surface area (Å²) >= 11 is 1.47. The van der Waals surface area contributed by atoms with Gasteiger partial charge in [-0.25, -0.2) is 4.39 Å². The Morgan fingerprint density at radius 3 is 2.74 bits per heavy atom. The molecule has 3 rings (SSSR count). The first-order valence-electron chi connectivity index (χ1n) is 6.35. The third kappa shape index (κ3) is 2.40. The summed E-state index contributed by atoms with van der Waals surface area (Å²) in [5.41, 5.74) is 1.02. The van der Waals surface area contributed by atoms with Crippen LogP contribution in [0, 0.1) is 5.82 Å². The summed E-state index contributed by atoms with van der Waals surface area (Å²) in [6, 6.07) is 10.3. The Morgan fingerprint density at radius 1 is 1.26 bits per heavy atom. The zero-order valence-electron chi connectivity index (χ0n) is 10.4. The van der Waals surface area contributed by atoms with Crippen molar-refractivity contribution in [2.45, 2.75) is 18.9 Å². The number of rotatable bonds is 2. The van der Waals surface area contributed by atoms with Crippen LogP contribution >= 0.6 is 11.3 Å². The zero-order chi connectivity index (χ0) is 13.2. The maximum atomic E-state index is 13.0. The van der Waals surface area contributed by atoms with Gasteiger partial charge >= 0.3 is 0 Å². The Labute approximate surface area is 115 Å². The van der Waals surface area contributed by atoms with E-state index in [1.807, 2.05) is 22.4 Å². The molecule has 0 radical (unpaired) electrons. The molecule has 1 atom stereocenters. The third-order valence-corrected chi connectivity index (χ3v) is 4.36. The van der Waals surface area contributed by atoms with Gasteiger partial charge in [-0.15, -0.1) is 11.3 Å². The van der Waals surface area contributed by atoms with Crippen molar-refractivity contribution in [3.05, 3.63) is 58.0 Å². The molecule has 1 aliphatic rings. The molecule has 2 heterocycles. The molecule has 0 spiro atoms. The third-order valence-electron chi connectivity index (χ3n) is 3.50. The van der Waals surface area contributed by atoms with E-state index in [0.717, 1.165) is 29.8 Å². The lowest BCUT2D eigenvalue weighted by atomic mass is 10.0. The van der Waals surface area contributed by atoms with E-state index < -0.39 is 0 Å². The molecule has 4 heteroatoms. The largest absolute Gasteiger partial charge is 0.331 e. The molecular weight excluding hydrogens is 261 g/mol. The average molecular weight is 275 g/mol. The van der Waals surface area contributed by atoms with Crippen molar-refractivity contribution in [3.63, 3.8) is 0 Å². The summed E-state index contributed by atoms with van der Waals surface area (Å²) in [6.45, 7) is 0.777. The van der Waals surface area contributed by atoms with Crippen molar-refractivity contribution in [2.24, 2.45) is 0 Å². The fourth-order valence-corrected chi connectivity index (χ4v) is 3.26. The second-order valence-electron chi connectivity index (χ2n) is 4.69. The van der Waals surface area contributed by atoms with Crippen molar-refractivity contribution >= 4 is 17.2 Å². The van der Waals surface area contributed by atoms with Crippen LogP contribution in [0.15, 0.2) is 41.8 Å². The van der Waals surface area contributed by atoms with Crippen LogP contribution < -0.4 is 0 Å². The monoisotopic (exact) mass is 275 g/mol. The fraction of sp³-hybridized carbons (Fsp3) is 0.267. The summed E-state index contributed by atoms with van der Waals surface area (Å²) in [5, 5.41) is 1.91. The number of carbonyl (C=O) groups excluding carboxylic acids is 1. The molecule has 1 fully saturated rings. The SMILES string of the molecule is O=C(c1cccs1)N1CCC[C@H]1c1ccc(F)cc1. The molecule has 1 aliphatic heterocycles. The predicted molar refractivity (Wildman–Crippen MR) is 73.7 cm³/mol. The minimum Gasteiger partial charge on any atom is -0.331 e. The first-order valence-corrected chi connectivity index (χ1v) is 7.23. The lowest BCUT2D eigenvalue weighted by Crippen LogP contribution is -2.29. The number of benzene rings is 1. The van der Waals surface area contributed by atoms with Gasteiger partial charge in [0.2, 0.25) is 0 Å². The highest BCUT2D eigenvalue weighted by Crippen LogP contribution is 2.33. The number of amides is 1. The standard InChI is InChI=1S/C15H14FNOS/c16-12-7-5-11(6-8-12)13-3-1-9-17(13)15(18)14-4-2-10-19-14/h2,4-8,10,13H,1,3,9H2/t13-/m0/s1. The highest BCUT2D eigenvalue weighted by molar-refractivity contribution is 7.12. The maximum absolute atomic E-state index is 13.0. The van der Waals surface area contributed by atoms with E-state index in [-0.39, 0.29) is 17.8 Å². The summed E-state index contributed by atoms with van der Waals surface area (Å²) in [7, 11) is 0. The van der Waals surface area contributed by atoms with Crippen LogP contribution in [0.3, 0.4) is 0 Å². The van der Waals surface area contributed by atoms with Gasteiger partial charge < -0.3 is 4.90 Å². The molecule has 0 unspecified atom stereocenters. The van der Waals surface area contributed by atoms with Crippen LogP contribution in [0.4, 0.5) is 4.39 Å². The lowest BCUT2D eigenvalue weighted by molar-refractivity contribution is 0.0740. The molecule has 98 valence electrons. The molecule has 1 saturated heterocycles. The molecule has 1 aromatic heterocycles. The summed E-state index contributed by atoms with van der Waals surface area (Å²) in [5.74, 6) is -0.153. The van der Waals surface area contributed by atoms with Crippen molar-refractivity contribution in [3.8, 4) is 0 Å². The summed E-state index contributed by atoms with van der Waals surface area (Å²) in [4.78, 5) is 15.1. The highest BCUT2D eigenvalue weighted by Gasteiger charge is 2.30. The highest BCUT2D eigenvalue weighted by atomic mass is 32.1. The van der Waals surface area contributed by atoms with Crippen molar-refractivity contribution in [1.82, 2.24) is 4.90 Å². The number of halogens is 1. The number of carbonyl (C=O) groups is 1. The van der Waals surface area contributed by atoms with Crippen LogP contribution in [-0.2, 0) is 0 Å². The average Bonchev–Trinajstić information content (AvgIpc) is 3.10. The Balaban J connectivity index is 1.85. The van der Waals surface area contributed by atoms with Crippen molar-refractivity contribution in [1.29, 1.82) is 0 Å². The van der Waals surface area contributed by atoms with E-state index in [1.165, 1.54) is 23.5 Å². The Bertz CT molecular complexity index is 564. The van der Waals surface area contributed by atoms with Gasteiger partial charge in [-0.2, -0.15) is 0 Å². The first-order chi connectivity index (χ1) is 9.25. The molecule has 2 aromatic rings. The van der Waals surface area contributed by atoms with Gasteiger partial charge in [-0.05, 0) is 42.0 Å². The normalized spacial score (nSPS) is 18.8. The zero-order valence-corrected chi connectivity index (χ0v) is 11.2. The number of hydrogen-bond acceptors (Lipinski definition) is 2. The van der Waals surface area contributed by atoms with Gasteiger partial charge in [0.1, 0.15) is 5.82 Å². The molecular formula is C15H14FNOS. The molecule has 0 bridgehead atoms. The Morgan fingerprint density at radius 2 is 2.05 bits per heavy atom. The number of nitrogens with zero attached hydrogens (tertiary/aromatic N) is 1. The van der Waals surface area contributed by atoms with Gasteiger partial charge in [-0.3, -0.25) is 4.79 Å². The minimum absolute atomic E-state index is 0.0789. The van der Waals surface area contributed by atoms with Crippen LogP contribution in [0.25, 0.3) is 0 Å². The fourth-order valence-electron chi connectivity index (χ4n) is 2.58. The van der Waals surface area contributed by atoms with Gasteiger partial charge in [-0.1, -0.05) is 18.2 Å². The smallest absolute Gasteiger partial charge is 0.264 e. The maximum Gasteiger partial charge on any atom is 0.264 e. The topological polar surface area (TPSA) is 20.3 Å². The van der Waals surface area contributed by atoms with Crippen molar-refractivity contribution in [2.75, 3.05) is 6.54 Å². The minimum atomic E-state index is -0.238. The molecule has 0 aliphatic carbocycles. The quantitative estimate of drug-likeness (QED) is 0.815. The lowest BCUT2D eigenvalue weighted by Gasteiger charge is -2.24. The van der Waals surface area contributed by atoms with Gasteiger partial charge in [0.15, 0.2) is 0 Å². The molecule has 0 saturated carbocycles.